The minimum atomic E-state index is -0.552. The van der Waals surface area contributed by atoms with Gasteiger partial charge in [0.25, 0.3) is 0 Å². The molecule has 0 aliphatic carbocycles. The molecule has 5 nitrogen and oxygen atoms in total. The minimum Gasteiger partial charge on any atom is -0.358 e. The Morgan fingerprint density at radius 1 is 1.12 bits per heavy atom. The summed E-state index contributed by atoms with van der Waals surface area (Å²) >= 11 is 24.6. The Kier molecular flexibility index (Phi) is 7.73. The zero-order valence-corrected chi connectivity index (χ0v) is 17.1. The van der Waals surface area contributed by atoms with Crippen molar-refractivity contribution in [2.45, 2.75) is 4.90 Å². The number of halogens is 4. The van der Waals surface area contributed by atoms with E-state index in [1.807, 2.05) is 11.9 Å². The van der Waals surface area contributed by atoms with Crippen molar-refractivity contribution in [3.05, 3.63) is 59.7 Å². The normalized spacial score (nSPS) is 16.4. The van der Waals surface area contributed by atoms with Crippen molar-refractivity contribution in [2.75, 3.05) is 33.2 Å². The standard InChI is InChI=1S/C15H15Cl4N3O2S/c1-20-6-8-21(9-7-20)15(13(22(23)24)12(17)14(18)19)25-11-4-2-10(16)3-5-11/h2-5H,6-9H2,1H3/b15-13-. The fraction of sp³-hybridized carbons (Fsp3) is 0.333. The highest BCUT2D eigenvalue weighted by Gasteiger charge is 2.31. The number of rotatable bonds is 5. The lowest BCUT2D eigenvalue weighted by molar-refractivity contribution is -0.421. The Bertz CT molecular complexity index is 697. The molecule has 25 heavy (non-hydrogen) atoms. The molecule has 0 bridgehead atoms. The van der Waals surface area contributed by atoms with E-state index in [0.717, 1.165) is 18.0 Å². The predicted octanol–water partition coefficient (Wildman–Crippen LogP) is 5.01. The van der Waals surface area contributed by atoms with Gasteiger partial charge in [-0.25, -0.2) is 0 Å². The van der Waals surface area contributed by atoms with Crippen LogP contribution in [0.4, 0.5) is 0 Å². The first-order valence-corrected chi connectivity index (χ1v) is 9.59. The number of likely N-dealkylation sites (N-methyl/N-ethyl adjacent to an activating group) is 1. The molecule has 136 valence electrons. The van der Waals surface area contributed by atoms with Crippen LogP contribution in [0.2, 0.25) is 5.02 Å². The molecular formula is C15H15Cl4N3O2S. The highest BCUT2D eigenvalue weighted by atomic mass is 35.5. The molecule has 0 amide bonds. The maximum absolute atomic E-state index is 11.7. The molecule has 1 aromatic rings. The van der Waals surface area contributed by atoms with Crippen LogP contribution in [0, 0.1) is 10.1 Å². The van der Waals surface area contributed by atoms with Gasteiger partial charge in [-0.1, -0.05) is 58.2 Å². The van der Waals surface area contributed by atoms with Crippen LogP contribution in [0.5, 0.6) is 0 Å². The van der Waals surface area contributed by atoms with Crippen molar-refractivity contribution >= 4 is 58.2 Å². The Hall–Kier alpha value is -0.630. The summed E-state index contributed by atoms with van der Waals surface area (Å²) in [6.07, 6.45) is 0. The van der Waals surface area contributed by atoms with Crippen molar-refractivity contribution in [1.82, 2.24) is 9.80 Å². The summed E-state index contributed by atoms with van der Waals surface area (Å²) in [5, 5.41) is 12.4. The Labute approximate surface area is 170 Å². The molecule has 1 heterocycles. The molecule has 1 saturated heterocycles. The lowest BCUT2D eigenvalue weighted by atomic mass is 10.3. The molecule has 0 aromatic heterocycles. The summed E-state index contributed by atoms with van der Waals surface area (Å²) in [5.74, 6) is 0. The monoisotopic (exact) mass is 441 g/mol. The topological polar surface area (TPSA) is 49.6 Å². The van der Waals surface area contributed by atoms with Gasteiger partial charge < -0.3 is 9.80 Å². The summed E-state index contributed by atoms with van der Waals surface area (Å²) in [6.45, 7) is 2.83. The molecule has 0 N–H and O–H groups in total. The van der Waals surface area contributed by atoms with Gasteiger partial charge in [0.2, 0.25) is 0 Å². The van der Waals surface area contributed by atoms with Crippen molar-refractivity contribution in [3.63, 3.8) is 0 Å². The van der Waals surface area contributed by atoms with Crippen LogP contribution < -0.4 is 0 Å². The van der Waals surface area contributed by atoms with Gasteiger partial charge in [-0.15, -0.1) is 0 Å². The largest absolute Gasteiger partial charge is 0.358 e. The maximum Gasteiger partial charge on any atom is 0.320 e. The van der Waals surface area contributed by atoms with E-state index in [9.17, 15) is 10.1 Å². The molecule has 0 unspecified atom stereocenters. The number of thioether (sulfide) groups is 1. The number of nitro groups is 1. The number of allylic oxidation sites excluding steroid dienone is 1. The van der Waals surface area contributed by atoms with E-state index in [2.05, 4.69) is 4.90 Å². The molecule has 0 atom stereocenters. The molecule has 0 radical (unpaired) electrons. The number of hydrogen-bond donors (Lipinski definition) is 0. The molecule has 1 aliphatic heterocycles. The maximum atomic E-state index is 11.7. The summed E-state index contributed by atoms with van der Waals surface area (Å²) in [4.78, 5) is 16.0. The van der Waals surface area contributed by atoms with Crippen LogP contribution in [-0.2, 0) is 0 Å². The van der Waals surface area contributed by atoms with Crippen molar-refractivity contribution < 1.29 is 4.92 Å². The third kappa shape index (κ3) is 5.67. The first-order valence-electron chi connectivity index (χ1n) is 7.26. The fourth-order valence-electron chi connectivity index (χ4n) is 2.23. The Morgan fingerprint density at radius 2 is 1.68 bits per heavy atom. The van der Waals surface area contributed by atoms with Gasteiger partial charge in [0.1, 0.15) is 4.49 Å². The van der Waals surface area contributed by atoms with Crippen molar-refractivity contribution in [1.29, 1.82) is 0 Å². The molecule has 2 rings (SSSR count). The SMILES string of the molecule is CN1CCN(/C(Sc2ccc(Cl)cc2)=C(\C(Cl)=C(Cl)Cl)[N+](=O)[O-])CC1. The number of nitrogens with zero attached hydrogens (tertiary/aromatic N) is 3. The van der Waals surface area contributed by atoms with Crippen LogP contribution in [0.15, 0.2) is 49.4 Å². The number of hydrogen-bond acceptors (Lipinski definition) is 5. The van der Waals surface area contributed by atoms with E-state index >= 15 is 0 Å². The van der Waals surface area contributed by atoms with E-state index in [4.69, 9.17) is 46.4 Å². The summed E-state index contributed by atoms with van der Waals surface area (Å²) in [5.41, 5.74) is -0.300. The lowest BCUT2D eigenvalue weighted by Crippen LogP contribution is -2.44. The Morgan fingerprint density at radius 3 is 2.16 bits per heavy atom. The third-order valence-electron chi connectivity index (χ3n) is 3.58. The molecular weight excluding hydrogens is 428 g/mol. The van der Waals surface area contributed by atoms with Crippen LogP contribution in [-0.4, -0.2) is 47.9 Å². The second-order valence-corrected chi connectivity index (χ2v) is 8.16. The fourth-order valence-corrected chi connectivity index (χ4v) is 3.83. The summed E-state index contributed by atoms with van der Waals surface area (Å²) in [6, 6.07) is 7.04. The van der Waals surface area contributed by atoms with Crippen LogP contribution in [0.1, 0.15) is 0 Å². The van der Waals surface area contributed by atoms with Crippen LogP contribution in [0.25, 0.3) is 0 Å². The van der Waals surface area contributed by atoms with Crippen LogP contribution in [0.3, 0.4) is 0 Å². The van der Waals surface area contributed by atoms with Gasteiger partial charge in [0, 0.05) is 36.1 Å². The molecule has 1 aliphatic rings. The lowest BCUT2D eigenvalue weighted by Gasteiger charge is -2.34. The second-order valence-electron chi connectivity index (χ2n) is 5.33. The first kappa shape index (κ1) is 20.7. The number of piperazine rings is 1. The molecule has 0 spiro atoms. The van der Waals surface area contributed by atoms with Crippen molar-refractivity contribution in [3.8, 4) is 0 Å². The highest BCUT2D eigenvalue weighted by molar-refractivity contribution is 8.03. The minimum absolute atomic E-state index is 0.274. The van der Waals surface area contributed by atoms with Crippen LogP contribution >= 0.6 is 58.2 Å². The van der Waals surface area contributed by atoms with Gasteiger partial charge in [-0.2, -0.15) is 0 Å². The molecule has 0 saturated carbocycles. The average Bonchev–Trinajstić information content (AvgIpc) is 2.56. The summed E-state index contributed by atoms with van der Waals surface area (Å²) in [7, 11) is 2.00. The summed E-state index contributed by atoms with van der Waals surface area (Å²) < 4.78 is -0.336. The molecule has 10 heteroatoms. The van der Waals surface area contributed by atoms with Gasteiger partial charge in [0.15, 0.2) is 10.1 Å². The molecule has 1 fully saturated rings. The van der Waals surface area contributed by atoms with Gasteiger partial charge in [0.05, 0.1) is 4.92 Å². The van der Waals surface area contributed by atoms with E-state index in [1.54, 1.807) is 24.3 Å². The van der Waals surface area contributed by atoms with E-state index in [-0.39, 0.29) is 15.2 Å². The first-order chi connectivity index (χ1) is 11.8. The van der Waals surface area contributed by atoms with E-state index < -0.39 is 4.92 Å². The zero-order valence-electron chi connectivity index (χ0n) is 13.2. The Balaban J connectivity index is 2.49. The smallest absolute Gasteiger partial charge is 0.320 e. The van der Waals surface area contributed by atoms with E-state index in [1.165, 1.54) is 11.8 Å². The predicted molar refractivity (Wildman–Crippen MR) is 105 cm³/mol. The second kappa shape index (κ2) is 9.35. The van der Waals surface area contributed by atoms with Gasteiger partial charge in [-0.05, 0) is 31.3 Å². The van der Waals surface area contributed by atoms with Gasteiger partial charge >= 0.3 is 5.70 Å². The molecule has 1 aromatic carbocycles. The zero-order chi connectivity index (χ0) is 18.6. The number of benzene rings is 1. The average molecular weight is 443 g/mol. The highest BCUT2D eigenvalue weighted by Crippen LogP contribution is 2.38. The third-order valence-corrected chi connectivity index (χ3v) is 5.92. The van der Waals surface area contributed by atoms with Crippen molar-refractivity contribution in [2.24, 2.45) is 0 Å². The van der Waals surface area contributed by atoms with E-state index in [0.29, 0.717) is 23.1 Å². The quantitative estimate of drug-likeness (QED) is 0.277. The van der Waals surface area contributed by atoms with Gasteiger partial charge in [-0.3, -0.25) is 10.1 Å².